The third-order valence-corrected chi connectivity index (χ3v) is 8.64. The standard InChI is InChI=1S/C40H50N4O3/c1-9-27-11-15-29(16-12-27)37-31(21-41)33(19-23(3)4)43-25(7)35(37)39(45)47-40(46)36-26(8)44-34(20-24(5)6)32(22-42)38(36)30-17-13-28(10-2)14-18-30/h11-18,23-24H,9-10,19-22,41-42H2,1-8H3. The minimum Gasteiger partial charge on any atom is -0.386 e. The van der Waals surface area contributed by atoms with Crippen molar-refractivity contribution in [3.8, 4) is 22.3 Å². The van der Waals surface area contributed by atoms with Crippen molar-refractivity contribution in [3.05, 3.63) is 105 Å². The zero-order valence-corrected chi connectivity index (χ0v) is 29.3. The number of carbonyl (C=O) groups excluding carboxylic acids is 2. The lowest BCUT2D eigenvalue weighted by Gasteiger charge is -2.22. The Hall–Kier alpha value is -4.20. The van der Waals surface area contributed by atoms with Crippen molar-refractivity contribution in [2.75, 3.05) is 0 Å². The maximum atomic E-state index is 14.2. The largest absolute Gasteiger partial charge is 0.386 e. The lowest BCUT2D eigenvalue weighted by molar-refractivity contribution is 0.0397. The minimum atomic E-state index is -0.771. The van der Waals surface area contributed by atoms with Gasteiger partial charge in [-0.05, 0) is 84.7 Å². The van der Waals surface area contributed by atoms with Gasteiger partial charge >= 0.3 is 11.9 Å². The predicted octanol–water partition coefficient (Wildman–Crippen LogP) is 7.86. The van der Waals surface area contributed by atoms with Crippen LogP contribution in [0.3, 0.4) is 0 Å². The van der Waals surface area contributed by atoms with Crippen LogP contribution in [0, 0.1) is 25.7 Å². The van der Waals surface area contributed by atoms with Gasteiger partial charge in [-0.25, -0.2) is 9.59 Å². The molecule has 4 aromatic rings. The van der Waals surface area contributed by atoms with E-state index in [1.807, 2.05) is 48.5 Å². The number of esters is 2. The predicted molar refractivity (Wildman–Crippen MR) is 190 cm³/mol. The number of hydrogen-bond donors (Lipinski definition) is 2. The van der Waals surface area contributed by atoms with Crippen molar-refractivity contribution >= 4 is 11.9 Å². The molecule has 0 aliphatic rings. The number of hydrogen-bond acceptors (Lipinski definition) is 7. The van der Waals surface area contributed by atoms with Gasteiger partial charge in [0.1, 0.15) is 0 Å². The molecule has 0 fully saturated rings. The first kappa shape index (κ1) is 35.7. The van der Waals surface area contributed by atoms with Gasteiger partial charge in [0.05, 0.1) is 22.5 Å². The number of nitrogens with zero attached hydrogens (tertiary/aromatic N) is 2. The second kappa shape index (κ2) is 15.6. The molecule has 0 amide bonds. The van der Waals surface area contributed by atoms with E-state index in [9.17, 15) is 9.59 Å². The van der Waals surface area contributed by atoms with E-state index in [1.165, 1.54) is 11.1 Å². The van der Waals surface area contributed by atoms with E-state index in [-0.39, 0.29) is 24.2 Å². The van der Waals surface area contributed by atoms with Gasteiger partial charge in [0.15, 0.2) is 0 Å². The van der Waals surface area contributed by atoms with Crippen LogP contribution in [0.4, 0.5) is 0 Å². The highest BCUT2D eigenvalue weighted by atomic mass is 16.6. The number of aryl methyl sites for hydroxylation is 4. The summed E-state index contributed by atoms with van der Waals surface area (Å²) in [6, 6.07) is 16.2. The number of pyridine rings is 2. The van der Waals surface area contributed by atoms with Gasteiger partial charge in [0, 0.05) is 35.6 Å². The van der Waals surface area contributed by atoms with E-state index < -0.39 is 11.9 Å². The lowest BCUT2D eigenvalue weighted by Crippen LogP contribution is -2.22. The second-order valence-electron chi connectivity index (χ2n) is 13.1. The summed E-state index contributed by atoms with van der Waals surface area (Å²) in [6.07, 6.45) is 3.19. The SMILES string of the molecule is CCc1ccc(-c2c(CN)c(CC(C)C)nc(C)c2C(=O)OC(=O)c2c(C)nc(CC(C)C)c(CN)c2-c2ccc(CC)cc2)cc1. The van der Waals surface area contributed by atoms with Crippen LogP contribution in [-0.4, -0.2) is 21.9 Å². The number of aromatic nitrogens is 2. The van der Waals surface area contributed by atoms with Crippen LogP contribution in [-0.2, 0) is 43.5 Å². The molecular weight excluding hydrogens is 584 g/mol. The molecule has 0 bridgehead atoms. The molecule has 0 spiro atoms. The van der Waals surface area contributed by atoms with E-state index in [1.54, 1.807) is 13.8 Å². The Labute approximate surface area is 280 Å². The molecule has 0 aliphatic heterocycles. The first-order valence-electron chi connectivity index (χ1n) is 16.8. The van der Waals surface area contributed by atoms with Crippen molar-refractivity contribution in [3.63, 3.8) is 0 Å². The van der Waals surface area contributed by atoms with Crippen LogP contribution in [0.1, 0.15) is 107 Å². The van der Waals surface area contributed by atoms with E-state index in [0.29, 0.717) is 47.2 Å². The molecule has 0 atom stereocenters. The Morgan fingerprint density at radius 3 is 1.26 bits per heavy atom. The fraction of sp³-hybridized carbons (Fsp3) is 0.400. The summed E-state index contributed by atoms with van der Waals surface area (Å²) in [6.45, 7) is 16.6. The third kappa shape index (κ3) is 7.86. The third-order valence-electron chi connectivity index (χ3n) is 8.64. The molecule has 0 saturated carbocycles. The molecule has 2 aromatic carbocycles. The molecule has 7 heteroatoms. The van der Waals surface area contributed by atoms with E-state index in [4.69, 9.17) is 26.2 Å². The number of rotatable bonds is 12. The average molecular weight is 635 g/mol. The van der Waals surface area contributed by atoms with Gasteiger partial charge in [-0.15, -0.1) is 0 Å². The zero-order valence-electron chi connectivity index (χ0n) is 29.3. The molecule has 0 saturated heterocycles. The molecule has 2 heterocycles. The summed E-state index contributed by atoms with van der Waals surface area (Å²) in [4.78, 5) is 38.1. The molecule has 248 valence electrons. The lowest BCUT2D eigenvalue weighted by atomic mass is 9.89. The maximum absolute atomic E-state index is 14.2. The Bertz CT molecular complexity index is 1610. The normalized spacial score (nSPS) is 11.4. The van der Waals surface area contributed by atoms with Crippen molar-refractivity contribution in [2.45, 2.75) is 94.2 Å². The van der Waals surface area contributed by atoms with Crippen molar-refractivity contribution in [1.82, 2.24) is 9.97 Å². The monoisotopic (exact) mass is 634 g/mol. The highest BCUT2D eigenvalue weighted by molar-refractivity contribution is 6.09. The molecule has 47 heavy (non-hydrogen) atoms. The van der Waals surface area contributed by atoms with Crippen molar-refractivity contribution < 1.29 is 14.3 Å². The van der Waals surface area contributed by atoms with Crippen LogP contribution in [0.5, 0.6) is 0 Å². The minimum absolute atomic E-state index is 0.187. The fourth-order valence-electron chi connectivity index (χ4n) is 6.29. The number of carbonyl (C=O) groups is 2. The summed E-state index contributed by atoms with van der Waals surface area (Å²) in [7, 11) is 0. The molecule has 0 radical (unpaired) electrons. The number of ether oxygens (including phenoxy) is 1. The quantitative estimate of drug-likeness (QED) is 0.120. The van der Waals surface area contributed by atoms with E-state index >= 15 is 0 Å². The number of nitrogens with two attached hydrogens (primary N) is 2. The summed E-state index contributed by atoms with van der Waals surface area (Å²) in [5, 5.41) is 0. The van der Waals surface area contributed by atoms with Gasteiger partial charge in [0.25, 0.3) is 0 Å². The molecule has 4 N–H and O–H groups in total. The smallest absolute Gasteiger partial charge is 0.348 e. The summed E-state index contributed by atoms with van der Waals surface area (Å²) < 4.78 is 5.80. The maximum Gasteiger partial charge on any atom is 0.348 e. The Morgan fingerprint density at radius 2 is 0.979 bits per heavy atom. The molecule has 7 nitrogen and oxygen atoms in total. The van der Waals surface area contributed by atoms with E-state index in [0.717, 1.165) is 46.5 Å². The van der Waals surface area contributed by atoms with Crippen molar-refractivity contribution in [2.24, 2.45) is 23.3 Å². The van der Waals surface area contributed by atoms with E-state index in [2.05, 4.69) is 41.5 Å². The number of benzene rings is 2. The summed E-state index contributed by atoms with van der Waals surface area (Å²) in [5.74, 6) is -0.879. The van der Waals surface area contributed by atoms with Gasteiger partial charge in [0.2, 0.25) is 0 Å². The highest BCUT2D eigenvalue weighted by Gasteiger charge is 2.30. The highest BCUT2D eigenvalue weighted by Crippen LogP contribution is 2.36. The Balaban J connectivity index is 1.90. The van der Waals surface area contributed by atoms with Crippen LogP contribution in [0.15, 0.2) is 48.5 Å². The first-order valence-corrected chi connectivity index (χ1v) is 16.8. The van der Waals surface area contributed by atoms with Crippen LogP contribution < -0.4 is 11.5 Å². The van der Waals surface area contributed by atoms with Gasteiger partial charge in [-0.1, -0.05) is 90.1 Å². The molecular formula is C40H50N4O3. The summed E-state index contributed by atoms with van der Waals surface area (Å²) in [5.41, 5.74) is 22.8. The molecule has 0 aliphatic carbocycles. The topological polar surface area (TPSA) is 121 Å². The Morgan fingerprint density at radius 1 is 0.638 bits per heavy atom. The van der Waals surface area contributed by atoms with Crippen LogP contribution in [0.2, 0.25) is 0 Å². The van der Waals surface area contributed by atoms with Crippen LogP contribution in [0.25, 0.3) is 22.3 Å². The fourth-order valence-corrected chi connectivity index (χ4v) is 6.29. The molecule has 0 unspecified atom stereocenters. The summed E-state index contributed by atoms with van der Waals surface area (Å²) >= 11 is 0. The van der Waals surface area contributed by atoms with Gasteiger partial charge in [-0.2, -0.15) is 0 Å². The van der Waals surface area contributed by atoms with Crippen molar-refractivity contribution in [1.29, 1.82) is 0 Å². The second-order valence-corrected chi connectivity index (χ2v) is 13.1. The first-order chi connectivity index (χ1) is 22.4. The van der Waals surface area contributed by atoms with Gasteiger partial charge in [-0.3, -0.25) is 9.97 Å². The van der Waals surface area contributed by atoms with Gasteiger partial charge < -0.3 is 16.2 Å². The molecule has 2 aromatic heterocycles. The zero-order chi connectivity index (χ0) is 34.4. The molecule has 4 rings (SSSR count). The Kier molecular flexibility index (Phi) is 11.8. The van der Waals surface area contributed by atoms with Crippen LogP contribution >= 0.6 is 0 Å². The average Bonchev–Trinajstić information content (AvgIpc) is 3.03.